The van der Waals surface area contributed by atoms with E-state index >= 15 is 0 Å². The van der Waals surface area contributed by atoms with Crippen LogP contribution in [0, 0.1) is 11.8 Å². The maximum atomic E-state index is 14.1. The lowest BCUT2D eigenvalue weighted by molar-refractivity contribution is 0.0695. The van der Waals surface area contributed by atoms with Gasteiger partial charge >= 0.3 is 0 Å². The minimum atomic E-state index is -1.09. The number of aromatic nitrogens is 5. The molecule has 0 unspecified atom stereocenters. The van der Waals surface area contributed by atoms with Crippen LogP contribution in [0.4, 0.5) is 0 Å². The minimum Gasteiger partial charge on any atom is -0.494 e. The molecule has 1 aliphatic carbocycles. The molecule has 1 N–H and O–H groups in total. The second-order valence-electron chi connectivity index (χ2n) is 15.3. The third-order valence-electron chi connectivity index (χ3n) is 11.7. The van der Waals surface area contributed by atoms with Gasteiger partial charge in [-0.2, -0.15) is 0 Å². The van der Waals surface area contributed by atoms with Crippen molar-refractivity contribution in [2.45, 2.75) is 77.6 Å². The zero-order chi connectivity index (χ0) is 35.0. The molecule has 1 saturated carbocycles. The normalized spacial score (nSPS) is 20.3. The Balaban J connectivity index is 1.26. The van der Waals surface area contributed by atoms with Crippen LogP contribution in [0.3, 0.4) is 0 Å². The maximum Gasteiger partial charge on any atom is 0.254 e. The van der Waals surface area contributed by atoms with Crippen molar-refractivity contribution in [3.63, 3.8) is 0 Å². The number of aliphatic hydroxyl groups is 1. The number of piperidine rings is 1. The van der Waals surface area contributed by atoms with Gasteiger partial charge in [0.15, 0.2) is 5.82 Å². The van der Waals surface area contributed by atoms with Crippen LogP contribution in [-0.2, 0) is 25.1 Å². The van der Waals surface area contributed by atoms with Crippen LogP contribution in [0.2, 0.25) is 0 Å². The fraction of sp³-hybridized carbons (Fsp3) is 0.381. The van der Waals surface area contributed by atoms with Gasteiger partial charge in [0.25, 0.3) is 5.91 Å². The van der Waals surface area contributed by atoms with Crippen LogP contribution in [0.1, 0.15) is 73.6 Å². The Hall–Kier alpha value is -5.02. The number of carbonyl (C=O) groups excluding carboxylic acids is 1. The smallest absolute Gasteiger partial charge is 0.254 e. The topological polar surface area (TPSA) is 98.3 Å². The quantitative estimate of drug-likeness (QED) is 0.207. The van der Waals surface area contributed by atoms with E-state index in [0.717, 1.165) is 78.0 Å². The lowest BCUT2D eigenvalue weighted by Crippen LogP contribution is -2.38. The Morgan fingerprint density at radius 3 is 2.63 bits per heavy atom. The number of pyridine rings is 2. The summed E-state index contributed by atoms with van der Waals surface area (Å²) in [6.07, 6.45) is 9.01. The van der Waals surface area contributed by atoms with E-state index in [9.17, 15) is 9.90 Å². The highest BCUT2D eigenvalue weighted by atomic mass is 16.5. The summed E-state index contributed by atoms with van der Waals surface area (Å²) in [5.41, 5.74) is 8.09. The lowest BCUT2D eigenvalue weighted by atomic mass is 9.96. The first-order valence-electron chi connectivity index (χ1n) is 18.3. The van der Waals surface area contributed by atoms with Gasteiger partial charge in [-0.15, -0.1) is 0 Å². The number of ether oxygens (including phenoxy) is 1. The van der Waals surface area contributed by atoms with E-state index < -0.39 is 5.60 Å². The summed E-state index contributed by atoms with van der Waals surface area (Å²) in [7, 11) is 1.67. The highest BCUT2D eigenvalue weighted by molar-refractivity contribution is 6.00. The first-order valence-corrected chi connectivity index (χ1v) is 18.3. The second-order valence-corrected chi connectivity index (χ2v) is 15.3. The highest BCUT2D eigenvalue weighted by Gasteiger charge is 2.46. The fourth-order valence-electron chi connectivity index (χ4n) is 8.96. The monoisotopic (exact) mass is 680 g/mol. The standard InChI is InChI=1S/C42H44N6O3/c1-25-29-12-14-34(25)47(24-29)41(49)30-18-33-38(36(20-30)51-4)48-23-26-17-31(22-43-21-26)32-11-6-5-9-27(32)10-7-8-16-46-35(40(48)44-33)19-28-13-15-37(42(2,3)50)45-39(28)46/h5-6,9,11,13,15,17-22,25,29,34,50H,7-8,10,12,14,16,23-24H2,1-4H3/t25-,29-,34-/m1/s1. The number of carbonyl (C=O) groups is 1. The van der Waals surface area contributed by atoms with E-state index in [0.29, 0.717) is 46.9 Å². The largest absolute Gasteiger partial charge is 0.494 e. The van der Waals surface area contributed by atoms with Crippen molar-refractivity contribution in [1.82, 2.24) is 29.0 Å². The van der Waals surface area contributed by atoms with E-state index in [1.807, 2.05) is 36.7 Å². The molecule has 0 radical (unpaired) electrons. The van der Waals surface area contributed by atoms with Gasteiger partial charge in [0.1, 0.15) is 22.5 Å². The number of imidazole rings is 1. The van der Waals surface area contributed by atoms with Gasteiger partial charge in [0, 0.05) is 48.0 Å². The van der Waals surface area contributed by atoms with Crippen molar-refractivity contribution in [3.8, 4) is 28.4 Å². The number of hydrogen-bond acceptors (Lipinski definition) is 6. The van der Waals surface area contributed by atoms with Gasteiger partial charge in [-0.05, 0) is 111 Å². The molecular weight excluding hydrogens is 637 g/mol. The first kappa shape index (κ1) is 31.9. The third-order valence-corrected chi connectivity index (χ3v) is 11.7. The second kappa shape index (κ2) is 12.0. The van der Waals surface area contributed by atoms with Crippen LogP contribution < -0.4 is 4.74 Å². The number of nitrogens with zero attached hydrogens (tertiary/aromatic N) is 6. The van der Waals surface area contributed by atoms with Crippen LogP contribution in [0.5, 0.6) is 5.75 Å². The zero-order valence-electron chi connectivity index (χ0n) is 29.8. The predicted molar refractivity (Wildman–Crippen MR) is 199 cm³/mol. The van der Waals surface area contributed by atoms with Gasteiger partial charge in [0.2, 0.25) is 0 Å². The summed E-state index contributed by atoms with van der Waals surface area (Å²) in [5.74, 6) is 2.55. The average Bonchev–Trinajstić information content (AvgIpc) is 3.88. The zero-order valence-corrected chi connectivity index (χ0v) is 29.8. The van der Waals surface area contributed by atoms with E-state index in [-0.39, 0.29) is 5.91 Å². The number of fused-ring (bicyclic) bond motifs is 13. The summed E-state index contributed by atoms with van der Waals surface area (Å²) in [6, 6.07) is 21.1. The molecule has 51 heavy (non-hydrogen) atoms. The Labute approximate surface area is 297 Å². The van der Waals surface area contributed by atoms with Crippen molar-refractivity contribution < 1.29 is 14.6 Å². The van der Waals surface area contributed by atoms with Crippen molar-refractivity contribution >= 4 is 28.0 Å². The number of rotatable bonds is 3. The van der Waals surface area contributed by atoms with Gasteiger partial charge in [0.05, 0.1) is 30.6 Å². The van der Waals surface area contributed by atoms with Crippen LogP contribution >= 0.6 is 0 Å². The van der Waals surface area contributed by atoms with E-state index in [4.69, 9.17) is 19.7 Å². The van der Waals surface area contributed by atoms with E-state index in [1.54, 1.807) is 21.0 Å². The molecule has 9 heteroatoms. The molecule has 6 heterocycles. The Morgan fingerprint density at radius 1 is 0.980 bits per heavy atom. The molecule has 2 fully saturated rings. The van der Waals surface area contributed by atoms with Crippen molar-refractivity contribution in [2.24, 2.45) is 11.8 Å². The van der Waals surface area contributed by atoms with Gasteiger partial charge < -0.3 is 23.9 Å². The molecule has 6 aromatic rings. The van der Waals surface area contributed by atoms with Crippen molar-refractivity contribution in [3.05, 3.63) is 95.4 Å². The molecular formula is C42H44N6O3. The minimum absolute atomic E-state index is 0.0526. The Kier molecular flexibility index (Phi) is 7.54. The predicted octanol–water partition coefficient (Wildman–Crippen LogP) is 7.61. The average molecular weight is 681 g/mol. The molecule has 9 nitrogen and oxygen atoms in total. The van der Waals surface area contributed by atoms with Crippen LogP contribution in [0.25, 0.3) is 44.7 Å². The maximum absolute atomic E-state index is 14.1. The third kappa shape index (κ3) is 5.32. The molecule has 3 aliphatic rings. The van der Waals surface area contributed by atoms with Crippen molar-refractivity contribution in [1.29, 1.82) is 0 Å². The van der Waals surface area contributed by atoms with E-state index in [2.05, 4.69) is 57.4 Å². The molecule has 3 atom stereocenters. The molecule has 260 valence electrons. The lowest BCUT2D eigenvalue weighted by Gasteiger charge is -2.27. The van der Waals surface area contributed by atoms with Gasteiger partial charge in [-0.25, -0.2) is 9.97 Å². The van der Waals surface area contributed by atoms with Gasteiger partial charge in [-0.3, -0.25) is 9.78 Å². The number of methoxy groups -OCH3 is 1. The summed E-state index contributed by atoms with van der Waals surface area (Å²) in [5, 5.41) is 11.9. The molecule has 0 spiro atoms. The highest BCUT2D eigenvalue weighted by Crippen LogP contribution is 2.44. The summed E-state index contributed by atoms with van der Waals surface area (Å²) in [4.78, 5) is 31.3. The Morgan fingerprint density at radius 2 is 1.84 bits per heavy atom. The first-order chi connectivity index (χ1) is 24.7. The molecule has 2 aliphatic heterocycles. The number of benzene rings is 2. The Bertz CT molecular complexity index is 2330. The summed E-state index contributed by atoms with van der Waals surface area (Å²) in [6.45, 7) is 7.87. The number of hydrogen-bond donors (Lipinski definition) is 1. The molecule has 4 bridgehead atoms. The molecule has 1 amide bonds. The number of aryl methyl sites for hydroxylation is 2. The van der Waals surface area contributed by atoms with Crippen molar-refractivity contribution in [2.75, 3.05) is 13.7 Å². The number of likely N-dealkylation sites (tertiary alicyclic amines) is 1. The fourth-order valence-corrected chi connectivity index (χ4v) is 8.96. The number of amides is 1. The summed E-state index contributed by atoms with van der Waals surface area (Å²) < 4.78 is 10.6. The molecule has 9 rings (SSSR count). The molecule has 4 aromatic heterocycles. The summed E-state index contributed by atoms with van der Waals surface area (Å²) >= 11 is 0. The van der Waals surface area contributed by atoms with Crippen LogP contribution in [-0.4, -0.2) is 59.7 Å². The SMILES string of the molecule is COc1cc(C(=O)N2C[C@H]3CC[C@@H]2[C@@H]3C)cc2nc3n(c12)Cc1cncc(c1)-c1ccccc1CCCCn1c-3cc2ccc(C(C)(C)O)nc21. The van der Waals surface area contributed by atoms with E-state index in [1.165, 1.54) is 17.5 Å². The van der Waals surface area contributed by atoms with Crippen LogP contribution in [0.15, 0.2) is 73.1 Å². The van der Waals surface area contributed by atoms with Gasteiger partial charge in [-0.1, -0.05) is 31.2 Å². The molecule has 1 saturated heterocycles. The molecule has 2 aromatic carbocycles.